The lowest BCUT2D eigenvalue weighted by Crippen LogP contribution is -2.60. The van der Waals surface area contributed by atoms with Crippen molar-refractivity contribution in [3.8, 4) is 5.75 Å². The Balaban J connectivity index is 2.88. The lowest BCUT2D eigenvalue weighted by Gasteiger charge is -2.28. The average Bonchev–Trinajstić information content (AvgIpc) is 2.78. The number of aliphatic carboxylic acids is 1. The first-order valence-electron chi connectivity index (χ1n) is 11.4. The highest BCUT2D eigenvalue weighted by molar-refractivity contribution is 5.94. The maximum absolute atomic E-state index is 12.9. The molecule has 13 heteroatoms. The van der Waals surface area contributed by atoms with Gasteiger partial charge >= 0.3 is 5.97 Å². The molecule has 0 spiro atoms. The fraction of sp³-hybridized carbons (Fsp3) is 0.522. The summed E-state index contributed by atoms with van der Waals surface area (Å²) in [6, 6.07) is 0.966. The second-order valence-corrected chi connectivity index (χ2v) is 8.84. The first kappa shape index (κ1) is 30.3. The highest BCUT2D eigenvalue weighted by Crippen LogP contribution is 2.11. The maximum atomic E-state index is 12.9. The Kier molecular flexibility index (Phi) is 11.8. The number of amides is 4. The summed E-state index contributed by atoms with van der Waals surface area (Å²) >= 11 is 0. The molecule has 36 heavy (non-hydrogen) atoms. The molecule has 0 aliphatic heterocycles. The van der Waals surface area contributed by atoms with Gasteiger partial charge in [-0.2, -0.15) is 0 Å². The van der Waals surface area contributed by atoms with Crippen LogP contribution in [0.1, 0.15) is 39.2 Å². The summed E-state index contributed by atoms with van der Waals surface area (Å²) in [4.78, 5) is 60.6. The summed E-state index contributed by atoms with van der Waals surface area (Å²) in [6.45, 7) is 4.52. The van der Waals surface area contributed by atoms with Gasteiger partial charge in [-0.25, -0.2) is 4.79 Å². The van der Waals surface area contributed by atoms with Crippen molar-refractivity contribution < 1.29 is 39.3 Å². The van der Waals surface area contributed by atoms with Crippen molar-refractivity contribution in [1.29, 1.82) is 0 Å². The molecular weight excluding hydrogens is 474 g/mol. The number of phenolic OH excluding ortho intramolecular Hbond substituents is 1. The SMILES string of the molecule is CC(C)C(NC(=O)C(N)Cc1ccc(O)cc1)C(=O)NC(C(=O)NC(CCC(N)=O)C(=O)O)C(C)O. The number of nitrogens with two attached hydrogens (primary N) is 2. The third kappa shape index (κ3) is 9.88. The number of carboxylic acid groups (broad SMARTS) is 1. The van der Waals surface area contributed by atoms with Crippen molar-refractivity contribution in [3.05, 3.63) is 29.8 Å². The van der Waals surface area contributed by atoms with Crippen LogP contribution in [0.5, 0.6) is 5.75 Å². The largest absolute Gasteiger partial charge is 0.508 e. The monoisotopic (exact) mass is 509 g/mol. The van der Waals surface area contributed by atoms with Crippen LogP contribution in [0.15, 0.2) is 24.3 Å². The molecule has 0 bridgehead atoms. The highest BCUT2D eigenvalue weighted by atomic mass is 16.4. The highest BCUT2D eigenvalue weighted by Gasteiger charge is 2.33. The van der Waals surface area contributed by atoms with Crippen molar-refractivity contribution in [2.24, 2.45) is 17.4 Å². The molecule has 0 aromatic heterocycles. The van der Waals surface area contributed by atoms with E-state index < -0.39 is 65.8 Å². The normalized spacial score (nSPS) is 15.2. The van der Waals surface area contributed by atoms with Gasteiger partial charge < -0.3 is 42.7 Å². The number of hydrogen-bond donors (Lipinski definition) is 8. The first-order chi connectivity index (χ1) is 16.7. The van der Waals surface area contributed by atoms with Gasteiger partial charge in [0.05, 0.1) is 12.1 Å². The molecule has 200 valence electrons. The van der Waals surface area contributed by atoms with Gasteiger partial charge in [-0.1, -0.05) is 26.0 Å². The lowest BCUT2D eigenvalue weighted by atomic mass is 10.0. The maximum Gasteiger partial charge on any atom is 0.326 e. The quantitative estimate of drug-likeness (QED) is 0.140. The minimum absolute atomic E-state index is 0.0626. The van der Waals surface area contributed by atoms with E-state index in [1.165, 1.54) is 19.1 Å². The lowest BCUT2D eigenvalue weighted by molar-refractivity contribution is -0.143. The molecule has 5 atom stereocenters. The van der Waals surface area contributed by atoms with Gasteiger partial charge in [0.2, 0.25) is 23.6 Å². The molecule has 0 heterocycles. The third-order valence-electron chi connectivity index (χ3n) is 5.33. The Hall–Kier alpha value is -3.71. The number of phenols is 1. The topological polar surface area (TPSA) is 234 Å². The Morgan fingerprint density at radius 2 is 1.42 bits per heavy atom. The average molecular weight is 510 g/mol. The van der Waals surface area contributed by atoms with E-state index in [1.807, 2.05) is 0 Å². The van der Waals surface area contributed by atoms with Gasteiger partial charge in [-0.05, 0) is 43.4 Å². The molecule has 4 amide bonds. The predicted octanol–water partition coefficient (Wildman–Crippen LogP) is -1.90. The van der Waals surface area contributed by atoms with Crippen LogP contribution in [0.4, 0.5) is 0 Å². The molecule has 0 saturated carbocycles. The number of nitrogens with one attached hydrogen (secondary N) is 3. The molecule has 1 aromatic rings. The van der Waals surface area contributed by atoms with Crippen molar-refractivity contribution in [2.45, 2.75) is 70.3 Å². The molecule has 0 aliphatic carbocycles. The van der Waals surface area contributed by atoms with Crippen LogP contribution in [0, 0.1) is 5.92 Å². The Morgan fingerprint density at radius 3 is 1.89 bits per heavy atom. The number of aromatic hydroxyl groups is 1. The molecule has 0 fully saturated rings. The number of aliphatic hydroxyl groups is 1. The molecule has 10 N–H and O–H groups in total. The number of benzene rings is 1. The van der Waals surface area contributed by atoms with E-state index in [0.29, 0.717) is 5.56 Å². The summed E-state index contributed by atoms with van der Waals surface area (Å²) in [5, 5.41) is 35.7. The number of carbonyl (C=O) groups is 5. The smallest absolute Gasteiger partial charge is 0.326 e. The standard InChI is InChI=1S/C23H35N5O8/c1-11(2)18(27-20(32)15(24)10-13-4-6-14(30)7-5-13)21(33)28-19(12(3)29)22(34)26-16(23(35)36)8-9-17(25)31/h4-7,11-12,15-16,18-19,29-30H,8-10,24H2,1-3H3,(H2,25,31)(H,26,34)(H,27,32)(H,28,33)(H,35,36). The van der Waals surface area contributed by atoms with Gasteiger partial charge in [0.1, 0.15) is 23.9 Å². The summed E-state index contributed by atoms with van der Waals surface area (Å²) in [5.74, 6) is -4.96. The first-order valence-corrected chi connectivity index (χ1v) is 11.4. The van der Waals surface area contributed by atoms with Crippen LogP contribution in [0.3, 0.4) is 0 Å². The van der Waals surface area contributed by atoms with Crippen molar-refractivity contribution in [2.75, 3.05) is 0 Å². The molecular formula is C23H35N5O8. The van der Waals surface area contributed by atoms with E-state index in [-0.39, 0.29) is 25.0 Å². The van der Waals surface area contributed by atoms with Gasteiger partial charge in [-0.15, -0.1) is 0 Å². The number of carboxylic acids is 1. The minimum atomic E-state index is -1.54. The van der Waals surface area contributed by atoms with E-state index in [9.17, 15) is 39.3 Å². The predicted molar refractivity (Wildman–Crippen MR) is 128 cm³/mol. The fourth-order valence-electron chi connectivity index (χ4n) is 3.23. The van der Waals surface area contributed by atoms with E-state index in [2.05, 4.69) is 16.0 Å². The number of carbonyl (C=O) groups excluding carboxylic acids is 4. The molecule has 13 nitrogen and oxygen atoms in total. The number of aliphatic hydroxyl groups excluding tert-OH is 1. The third-order valence-corrected chi connectivity index (χ3v) is 5.33. The second kappa shape index (κ2) is 14.0. The number of rotatable bonds is 14. The molecule has 1 aromatic carbocycles. The summed E-state index contributed by atoms with van der Waals surface area (Å²) in [5.41, 5.74) is 11.7. The van der Waals surface area contributed by atoms with Gasteiger partial charge in [0.25, 0.3) is 0 Å². The van der Waals surface area contributed by atoms with E-state index >= 15 is 0 Å². The van der Waals surface area contributed by atoms with Crippen molar-refractivity contribution in [1.82, 2.24) is 16.0 Å². The minimum Gasteiger partial charge on any atom is -0.508 e. The van der Waals surface area contributed by atoms with Crippen LogP contribution < -0.4 is 27.4 Å². The number of hydrogen-bond acceptors (Lipinski definition) is 8. The van der Waals surface area contributed by atoms with Crippen LogP contribution in [0.2, 0.25) is 0 Å². The zero-order valence-electron chi connectivity index (χ0n) is 20.4. The molecule has 0 radical (unpaired) electrons. The van der Waals surface area contributed by atoms with Gasteiger partial charge in [-0.3, -0.25) is 19.2 Å². The molecule has 1 rings (SSSR count). The van der Waals surface area contributed by atoms with Gasteiger partial charge in [0, 0.05) is 6.42 Å². The van der Waals surface area contributed by atoms with E-state index in [0.717, 1.165) is 0 Å². The Labute approximate surface area is 208 Å². The number of primary amides is 1. The van der Waals surface area contributed by atoms with Gasteiger partial charge in [0.15, 0.2) is 0 Å². The van der Waals surface area contributed by atoms with Crippen LogP contribution in [-0.4, -0.2) is 75.2 Å². The zero-order valence-corrected chi connectivity index (χ0v) is 20.4. The van der Waals surface area contributed by atoms with E-state index in [4.69, 9.17) is 11.5 Å². The van der Waals surface area contributed by atoms with Crippen molar-refractivity contribution >= 4 is 29.6 Å². The van der Waals surface area contributed by atoms with Crippen LogP contribution in [-0.2, 0) is 30.4 Å². The summed E-state index contributed by atoms with van der Waals surface area (Å²) in [7, 11) is 0. The fourth-order valence-corrected chi connectivity index (χ4v) is 3.23. The van der Waals surface area contributed by atoms with Crippen LogP contribution in [0.25, 0.3) is 0 Å². The Bertz CT molecular complexity index is 935. The zero-order chi connectivity index (χ0) is 27.6. The van der Waals surface area contributed by atoms with E-state index in [1.54, 1.807) is 26.0 Å². The Morgan fingerprint density at radius 1 is 0.889 bits per heavy atom. The summed E-state index contributed by atoms with van der Waals surface area (Å²) in [6.07, 6.45) is -1.85. The summed E-state index contributed by atoms with van der Waals surface area (Å²) < 4.78 is 0. The molecule has 0 aliphatic rings. The van der Waals surface area contributed by atoms with Crippen molar-refractivity contribution in [3.63, 3.8) is 0 Å². The molecule has 0 saturated heterocycles. The molecule has 5 unspecified atom stereocenters. The van der Waals surface area contributed by atoms with Crippen LogP contribution >= 0.6 is 0 Å². The second-order valence-electron chi connectivity index (χ2n) is 8.84.